The summed E-state index contributed by atoms with van der Waals surface area (Å²) in [4.78, 5) is 18.0. The lowest BCUT2D eigenvalue weighted by atomic mass is 10.2. The van der Waals surface area contributed by atoms with Crippen molar-refractivity contribution < 1.29 is 14.3 Å². The molecule has 7 nitrogen and oxygen atoms in total. The van der Waals surface area contributed by atoms with E-state index in [-0.39, 0.29) is 11.7 Å². The smallest absolute Gasteiger partial charge is 0.236 e. The Morgan fingerprint density at radius 1 is 0.972 bits per heavy atom. The van der Waals surface area contributed by atoms with Crippen LogP contribution in [0.5, 0.6) is 11.5 Å². The van der Waals surface area contributed by atoms with E-state index in [2.05, 4.69) is 20.9 Å². The molecule has 0 aliphatic heterocycles. The number of amides is 1. The number of nitrogens with zero attached hydrogens (tertiary/aromatic N) is 1. The van der Waals surface area contributed by atoms with Gasteiger partial charge in [0.1, 0.15) is 11.5 Å². The van der Waals surface area contributed by atoms with E-state index < -0.39 is 0 Å². The number of para-hydroxylation sites is 2. The highest BCUT2D eigenvalue weighted by Gasteiger charge is 2.10. The van der Waals surface area contributed by atoms with Gasteiger partial charge in [0.25, 0.3) is 0 Å². The highest BCUT2D eigenvalue weighted by Crippen LogP contribution is 2.28. The maximum Gasteiger partial charge on any atom is 0.236 e. The van der Waals surface area contributed by atoms with Crippen LogP contribution < -0.4 is 25.4 Å². The Morgan fingerprint density at radius 3 is 2.64 bits per heavy atom. The molecule has 1 heterocycles. The van der Waals surface area contributed by atoms with Gasteiger partial charge in [-0.2, -0.15) is 0 Å². The first kappa shape index (κ1) is 25.5. The van der Waals surface area contributed by atoms with Crippen LogP contribution in [-0.4, -0.2) is 36.0 Å². The largest absolute Gasteiger partial charge is 0.497 e. The van der Waals surface area contributed by atoms with Crippen molar-refractivity contribution in [3.63, 3.8) is 0 Å². The fourth-order valence-corrected chi connectivity index (χ4v) is 4.97. The molecule has 4 rings (SSSR count). The van der Waals surface area contributed by atoms with E-state index >= 15 is 0 Å². The first-order valence-corrected chi connectivity index (χ1v) is 13.1. The summed E-state index contributed by atoms with van der Waals surface area (Å²) in [5.41, 5.74) is 3.31. The van der Waals surface area contributed by atoms with Gasteiger partial charge in [-0.15, -0.1) is 23.1 Å². The van der Waals surface area contributed by atoms with Gasteiger partial charge in [-0.3, -0.25) is 4.79 Å². The molecule has 3 aromatic carbocycles. The molecule has 0 unspecified atom stereocenters. The Kier molecular flexibility index (Phi) is 8.77. The molecule has 1 amide bonds. The molecule has 10 heteroatoms. The summed E-state index contributed by atoms with van der Waals surface area (Å²) >= 11 is 8.26. The van der Waals surface area contributed by atoms with Crippen LogP contribution in [0.25, 0.3) is 11.3 Å². The second-order valence-electron chi connectivity index (χ2n) is 7.41. The summed E-state index contributed by atoms with van der Waals surface area (Å²) in [5, 5.41) is 12.1. The summed E-state index contributed by atoms with van der Waals surface area (Å²) in [6.07, 6.45) is 0. The molecule has 0 aliphatic rings. The average Bonchev–Trinajstić information content (AvgIpc) is 3.36. The Bertz CT molecular complexity index is 1360. The van der Waals surface area contributed by atoms with E-state index in [9.17, 15) is 4.79 Å². The fourth-order valence-electron chi connectivity index (χ4n) is 3.25. The third kappa shape index (κ3) is 6.97. The Labute approximate surface area is 223 Å². The van der Waals surface area contributed by atoms with Crippen LogP contribution >= 0.6 is 35.3 Å². The lowest BCUT2D eigenvalue weighted by Gasteiger charge is -2.13. The SMILES string of the molecule is COc1cccc(-c2csc(NC(=O)CSc3cccc(NC(=S)Nc4ccccc4OC)c3)n2)c1. The van der Waals surface area contributed by atoms with Crippen LogP contribution in [-0.2, 0) is 4.79 Å². The molecule has 36 heavy (non-hydrogen) atoms. The summed E-state index contributed by atoms with van der Waals surface area (Å²) in [6.45, 7) is 0. The van der Waals surface area contributed by atoms with Gasteiger partial charge >= 0.3 is 0 Å². The number of hydrogen-bond donors (Lipinski definition) is 3. The van der Waals surface area contributed by atoms with E-state index in [4.69, 9.17) is 21.7 Å². The maximum atomic E-state index is 12.5. The summed E-state index contributed by atoms with van der Waals surface area (Å²) in [7, 11) is 3.24. The zero-order valence-corrected chi connectivity index (χ0v) is 22.1. The second kappa shape index (κ2) is 12.4. The van der Waals surface area contributed by atoms with Crippen LogP contribution in [0.15, 0.2) is 83.1 Å². The zero-order valence-electron chi connectivity index (χ0n) is 19.6. The minimum Gasteiger partial charge on any atom is -0.497 e. The van der Waals surface area contributed by atoms with Gasteiger partial charge < -0.3 is 25.4 Å². The van der Waals surface area contributed by atoms with Gasteiger partial charge in [-0.1, -0.05) is 30.3 Å². The number of ether oxygens (including phenoxy) is 2. The van der Waals surface area contributed by atoms with Crippen molar-refractivity contribution >= 4 is 62.8 Å². The van der Waals surface area contributed by atoms with Gasteiger partial charge in [0.15, 0.2) is 10.2 Å². The minimum atomic E-state index is -0.127. The molecule has 0 bridgehead atoms. The van der Waals surface area contributed by atoms with E-state index in [1.807, 2.05) is 78.2 Å². The Balaban J connectivity index is 1.29. The van der Waals surface area contributed by atoms with Gasteiger partial charge in [0, 0.05) is 21.5 Å². The van der Waals surface area contributed by atoms with Crippen molar-refractivity contribution in [3.8, 4) is 22.8 Å². The van der Waals surface area contributed by atoms with E-state index in [0.717, 1.165) is 33.3 Å². The van der Waals surface area contributed by atoms with E-state index in [0.29, 0.717) is 16.0 Å². The van der Waals surface area contributed by atoms with Crippen molar-refractivity contribution in [2.24, 2.45) is 0 Å². The number of benzene rings is 3. The van der Waals surface area contributed by atoms with Crippen LogP contribution in [0.1, 0.15) is 0 Å². The Morgan fingerprint density at radius 2 is 1.81 bits per heavy atom. The Hall–Kier alpha value is -3.60. The number of hydrogen-bond acceptors (Lipinski definition) is 7. The number of methoxy groups -OCH3 is 2. The number of carbonyl (C=O) groups excluding carboxylic acids is 1. The fraction of sp³-hybridized carbons (Fsp3) is 0.115. The normalized spacial score (nSPS) is 10.4. The number of carbonyl (C=O) groups is 1. The van der Waals surface area contributed by atoms with Crippen LogP contribution in [0.2, 0.25) is 0 Å². The highest BCUT2D eigenvalue weighted by molar-refractivity contribution is 8.00. The molecule has 0 saturated carbocycles. The maximum absolute atomic E-state index is 12.5. The quantitative estimate of drug-likeness (QED) is 0.168. The number of thiocarbonyl (C=S) groups is 1. The minimum absolute atomic E-state index is 0.127. The third-order valence-electron chi connectivity index (χ3n) is 4.93. The molecule has 1 aromatic heterocycles. The second-order valence-corrected chi connectivity index (χ2v) is 9.73. The van der Waals surface area contributed by atoms with Crippen LogP contribution in [0.3, 0.4) is 0 Å². The van der Waals surface area contributed by atoms with Gasteiger partial charge in [0.05, 0.1) is 31.4 Å². The number of rotatable bonds is 9. The summed E-state index contributed by atoms with van der Waals surface area (Å²) in [6, 6.07) is 22.9. The van der Waals surface area contributed by atoms with Crippen LogP contribution in [0.4, 0.5) is 16.5 Å². The number of nitrogens with one attached hydrogen (secondary N) is 3. The number of thioether (sulfide) groups is 1. The standard InChI is InChI=1S/C26H24N4O3S3/c1-32-19-9-5-7-17(13-19)22-15-36-26(29-22)30-24(31)16-35-20-10-6-8-18(14-20)27-25(34)28-21-11-3-4-12-23(21)33-2/h3-15H,16H2,1-2H3,(H2,27,28,34)(H,29,30,31). The molecule has 0 atom stereocenters. The van der Waals surface area contributed by atoms with Gasteiger partial charge in [-0.05, 0) is 54.7 Å². The summed E-state index contributed by atoms with van der Waals surface area (Å²) < 4.78 is 10.6. The molecular weight excluding hydrogens is 513 g/mol. The summed E-state index contributed by atoms with van der Waals surface area (Å²) in [5.74, 6) is 1.59. The molecule has 184 valence electrons. The molecule has 0 spiro atoms. The average molecular weight is 537 g/mol. The van der Waals surface area contributed by atoms with E-state index in [1.54, 1.807) is 14.2 Å². The van der Waals surface area contributed by atoms with Gasteiger partial charge in [0.2, 0.25) is 5.91 Å². The molecule has 0 radical (unpaired) electrons. The lowest BCUT2D eigenvalue weighted by Crippen LogP contribution is -2.19. The molecule has 0 saturated heterocycles. The van der Waals surface area contributed by atoms with Crippen molar-refractivity contribution in [1.82, 2.24) is 4.98 Å². The molecule has 3 N–H and O–H groups in total. The van der Waals surface area contributed by atoms with E-state index in [1.165, 1.54) is 23.1 Å². The number of aromatic nitrogens is 1. The predicted octanol–water partition coefficient (Wildman–Crippen LogP) is 6.37. The zero-order chi connectivity index (χ0) is 25.3. The lowest BCUT2D eigenvalue weighted by molar-refractivity contribution is -0.113. The highest BCUT2D eigenvalue weighted by atomic mass is 32.2. The van der Waals surface area contributed by atoms with Crippen LogP contribution in [0, 0.1) is 0 Å². The molecule has 4 aromatic rings. The monoisotopic (exact) mass is 536 g/mol. The molecular formula is C26H24N4O3S3. The van der Waals surface area contributed by atoms with Crippen molar-refractivity contribution in [3.05, 3.63) is 78.2 Å². The first-order chi connectivity index (χ1) is 17.5. The topological polar surface area (TPSA) is 84.5 Å². The number of anilines is 3. The van der Waals surface area contributed by atoms with Crippen molar-refractivity contribution in [1.29, 1.82) is 0 Å². The van der Waals surface area contributed by atoms with Crippen molar-refractivity contribution in [2.75, 3.05) is 35.9 Å². The third-order valence-corrected chi connectivity index (χ3v) is 6.89. The first-order valence-electron chi connectivity index (χ1n) is 10.9. The molecule has 0 aliphatic carbocycles. The van der Waals surface area contributed by atoms with Gasteiger partial charge in [-0.25, -0.2) is 4.98 Å². The van der Waals surface area contributed by atoms with Crippen molar-refractivity contribution in [2.45, 2.75) is 4.90 Å². The number of thiazole rings is 1. The molecule has 0 fully saturated rings. The predicted molar refractivity (Wildman–Crippen MR) is 153 cm³/mol.